The predicted octanol–water partition coefficient (Wildman–Crippen LogP) is 0.651. The van der Waals surface area contributed by atoms with Crippen LogP contribution in [0.15, 0.2) is 24.3 Å². The summed E-state index contributed by atoms with van der Waals surface area (Å²) in [5.74, 6) is -0.178. The average Bonchev–Trinajstić information content (AvgIpc) is 2.89. The molecule has 2 rings (SSSR count). The van der Waals surface area contributed by atoms with Crippen LogP contribution in [-0.4, -0.2) is 34.9 Å². The minimum atomic E-state index is -0.897. The minimum absolute atomic E-state index is 0.0823. The highest BCUT2D eigenvalue weighted by Gasteiger charge is 2.33. The van der Waals surface area contributed by atoms with Gasteiger partial charge in [0.25, 0.3) is 0 Å². The third-order valence-corrected chi connectivity index (χ3v) is 4.09. The van der Waals surface area contributed by atoms with Crippen molar-refractivity contribution >= 4 is 5.91 Å². The molecule has 1 aliphatic carbocycles. The first-order valence-corrected chi connectivity index (χ1v) is 6.74. The number of rotatable bonds is 5. The fourth-order valence-corrected chi connectivity index (χ4v) is 2.55. The van der Waals surface area contributed by atoms with E-state index in [4.69, 9.17) is 0 Å². The lowest BCUT2D eigenvalue weighted by molar-refractivity contribution is -0.128. The number of nitrogens with one attached hydrogen (secondary N) is 1. The molecule has 0 saturated heterocycles. The summed E-state index contributed by atoms with van der Waals surface area (Å²) in [6.07, 6.45) is 1.97. The summed E-state index contributed by atoms with van der Waals surface area (Å²) >= 11 is 0. The Labute approximate surface area is 113 Å². The topological polar surface area (TPSA) is 69.6 Å². The van der Waals surface area contributed by atoms with Crippen molar-refractivity contribution in [2.24, 2.45) is 5.92 Å². The molecular formula is C15H21NO3. The predicted molar refractivity (Wildman–Crippen MR) is 72.7 cm³/mol. The molecule has 0 unspecified atom stereocenters. The number of aliphatic hydroxyl groups is 2. The fourth-order valence-electron chi connectivity index (χ4n) is 2.55. The van der Waals surface area contributed by atoms with Gasteiger partial charge >= 0.3 is 0 Å². The molecule has 0 bridgehead atoms. The third kappa shape index (κ3) is 2.80. The van der Waals surface area contributed by atoms with Gasteiger partial charge in [0.05, 0.1) is 18.8 Å². The van der Waals surface area contributed by atoms with Crippen molar-refractivity contribution in [3.8, 4) is 0 Å². The number of carbonyl (C=O) groups is 1. The normalized spacial score (nSPS) is 15.3. The van der Waals surface area contributed by atoms with Gasteiger partial charge in [-0.2, -0.15) is 0 Å². The van der Waals surface area contributed by atoms with E-state index in [1.807, 2.05) is 31.2 Å². The van der Waals surface area contributed by atoms with Gasteiger partial charge in [-0.3, -0.25) is 4.79 Å². The Morgan fingerprint density at radius 1 is 1.26 bits per heavy atom. The van der Waals surface area contributed by atoms with Crippen molar-refractivity contribution < 1.29 is 15.0 Å². The van der Waals surface area contributed by atoms with Gasteiger partial charge in [0.2, 0.25) is 5.91 Å². The molecule has 0 atom stereocenters. The zero-order chi connectivity index (χ0) is 13.9. The van der Waals surface area contributed by atoms with Crippen LogP contribution in [0.5, 0.6) is 0 Å². The van der Waals surface area contributed by atoms with Crippen molar-refractivity contribution in [3.05, 3.63) is 35.4 Å². The minimum Gasteiger partial charge on any atom is -0.394 e. The van der Waals surface area contributed by atoms with Crippen molar-refractivity contribution in [2.75, 3.05) is 13.2 Å². The molecule has 0 fully saturated rings. The quantitative estimate of drug-likeness (QED) is 0.730. The maximum absolute atomic E-state index is 12.3. The Balaban J connectivity index is 2.03. The van der Waals surface area contributed by atoms with E-state index in [1.165, 1.54) is 11.1 Å². The van der Waals surface area contributed by atoms with Crippen LogP contribution in [0.3, 0.4) is 0 Å². The fraction of sp³-hybridized carbons (Fsp3) is 0.533. The molecular weight excluding hydrogens is 242 g/mol. The first kappa shape index (κ1) is 14.0. The summed E-state index contributed by atoms with van der Waals surface area (Å²) in [5.41, 5.74) is 1.54. The zero-order valence-corrected chi connectivity index (χ0v) is 11.2. The van der Waals surface area contributed by atoms with Crippen LogP contribution in [0.4, 0.5) is 0 Å². The van der Waals surface area contributed by atoms with Crippen LogP contribution < -0.4 is 5.32 Å². The Kier molecular flexibility index (Phi) is 4.22. The standard InChI is InChI=1S/C15H21NO3/c1-2-15(9-17,10-18)16-14(19)13-7-11-5-3-4-6-12(11)8-13/h3-6,13,17-18H,2,7-10H2,1H3,(H,16,19). The first-order valence-electron chi connectivity index (χ1n) is 6.74. The number of benzene rings is 1. The summed E-state index contributed by atoms with van der Waals surface area (Å²) in [6, 6.07) is 8.06. The van der Waals surface area contributed by atoms with Gasteiger partial charge in [0.15, 0.2) is 0 Å². The second-order valence-corrected chi connectivity index (χ2v) is 5.31. The number of amides is 1. The van der Waals surface area contributed by atoms with E-state index in [2.05, 4.69) is 5.32 Å². The Bertz CT molecular complexity index is 421. The number of hydrogen-bond donors (Lipinski definition) is 3. The smallest absolute Gasteiger partial charge is 0.224 e. The molecule has 1 aromatic carbocycles. The number of carbonyl (C=O) groups excluding carboxylic acids is 1. The van der Waals surface area contributed by atoms with Crippen molar-refractivity contribution in [2.45, 2.75) is 31.7 Å². The lowest BCUT2D eigenvalue weighted by Gasteiger charge is -2.31. The molecule has 1 amide bonds. The summed E-state index contributed by atoms with van der Waals surface area (Å²) in [5, 5.41) is 21.6. The van der Waals surface area contributed by atoms with Gasteiger partial charge in [-0.1, -0.05) is 31.2 Å². The van der Waals surface area contributed by atoms with Crippen molar-refractivity contribution in [1.82, 2.24) is 5.32 Å². The number of fused-ring (bicyclic) bond motifs is 1. The van der Waals surface area contributed by atoms with Crippen molar-refractivity contribution in [1.29, 1.82) is 0 Å². The molecule has 0 radical (unpaired) electrons. The molecule has 3 N–H and O–H groups in total. The molecule has 104 valence electrons. The lowest BCUT2D eigenvalue weighted by Crippen LogP contribution is -2.55. The molecule has 1 aromatic rings. The lowest BCUT2D eigenvalue weighted by atomic mass is 9.96. The summed E-state index contributed by atoms with van der Waals surface area (Å²) in [7, 11) is 0. The van der Waals surface area contributed by atoms with E-state index in [0.717, 1.165) is 12.8 Å². The monoisotopic (exact) mass is 263 g/mol. The molecule has 19 heavy (non-hydrogen) atoms. The van der Waals surface area contributed by atoms with Crippen molar-refractivity contribution in [3.63, 3.8) is 0 Å². The van der Waals surface area contributed by atoms with E-state index in [-0.39, 0.29) is 25.0 Å². The molecule has 4 nitrogen and oxygen atoms in total. The molecule has 0 heterocycles. The van der Waals surface area contributed by atoms with Crippen LogP contribution in [-0.2, 0) is 17.6 Å². The SMILES string of the molecule is CCC(CO)(CO)NC(=O)C1Cc2ccccc2C1. The molecule has 0 aliphatic heterocycles. The maximum atomic E-state index is 12.3. The van der Waals surface area contributed by atoms with Crippen LogP contribution >= 0.6 is 0 Å². The number of aliphatic hydroxyl groups excluding tert-OH is 2. The Morgan fingerprint density at radius 3 is 2.21 bits per heavy atom. The average molecular weight is 263 g/mol. The first-order chi connectivity index (χ1) is 9.14. The highest BCUT2D eigenvalue weighted by atomic mass is 16.3. The van der Waals surface area contributed by atoms with Gasteiger partial charge in [-0.05, 0) is 30.4 Å². The molecule has 4 heteroatoms. The zero-order valence-electron chi connectivity index (χ0n) is 11.2. The molecule has 0 aromatic heterocycles. The molecule has 0 saturated carbocycles. The van der Waals surface area contributed by atoms with Gasteiger partial charge in [-0.15, -0.1) is 0 Å². The van der Waals surface area contributed by atoms with Crippen LogP contribution in [0, 0.1) is 5.92 Å². The largest absolute Gasteiger partial charge is 0.394 e. The van der Waals surface area contributed by atoms with Crippen LogP contribution in [0.25, 0.3) is 0 Å². The van der Waals surface area contributed by atoms with Gasteiger partial charge < -0.3 is 15.5 Å². The Morgan fingerprint density at radius 2 is 1.79 bits per heavy atom. The summed E-state index contributed by atoms with van der Waals surface area (Å²) in [6.45, 7) is 1.35. The van der Waals surface area contributed by atoms with Gasteiger partial charge in [0, 0.05) is 5.92 Å². The van der Waals surface area contributed by atoms with Gasteiger partial charge in [0.1, 0.15) is 0 Å². The second-order valence-electron chi connectivity index (χ2n) is 5.31. The molecule has 1 aliphatic rings. The van der Waals surface area contributed by atoms with E-state index >= 15 is 0 Å². The second kappa shape index (κ2) is 5.72. The van der Waals surface area contributed by atoms with E-state index in [1.54, 1.807) is 0 Å². The van der Waals surface area contributed by atoms with E-state index < -0.39 is 5.54 Å². The highest BCUT2D eigenvalue weighted by molar-refractivity contribution is 5.81. The maximum Gasteiger partial charge on any atom is 0.224 e. The van der Waals surface area contributed by atoms with E-state index in [9.17, 15) is 15.0 Å². The van der Waals surface area contributed by atoms with Crippen LogP contribution in [0.2, 0.25) is 0 Å². The van der Waals surface area contributed by atoms with E-state index in [0.29, 0.717) is 6.42 Å². The summed E-state index contributed by atoms with van der Waals surface area (Å²) < 4.78 is 0. The highest BCUT2D eigenvalue weighted by Crippen LogP contribution is 2.27. The number of hydrogen-bond acceptors (Lipinski definition) is 3. The van der Waals surface area contributed by atoms with Crippen LogP contribution in [0.1, 0.15) is 24.5 Å². The summed E-state index contributed by atoms with van der Waals surface area (Å²) in [4.78, 5) is 12.3. The van der Waals surface area contributed by atoms with Gasteiger partial charge in [-0.25, -0.2) is 0 Å². The Hall–Kier alpha value is -1.39. The molecule has 0 spiro atoms. The third-order valence-electron chi connectivity index (χ3n) is 4.09.